The molecular weight excluding hydrogens is 241 g/mol. The second-order valence-electron chi connectivity index (χ2n) is 5.38. The van der Waals surface area contributed by atoms with E-state index in [0.717, 1.165) is 31.8 Å². The van der Waals surface area contributed by atoms with Gasteiger partial charge in [0, 0.05) is 31.4 Å². The number of nitrogens with zero attached hydrogens (tertiary/aromatic N) is 2. The van der Waals surface area contributed by atoms with E-state index in [1.807, 2.05) is 0 Å². The van der Waals surface area contributed by atoms with E-state index < -0.39 is 0 Å². The maximum absolute atomic E-state index is 14.3. The molecule has 1 aliphatic heterocycles. The van der Waals surface area contributed by atoms with Crippen LogP contribution in [-0.4, -0.2) is 18.1 Å². The first-order chi connectivity index (χ1) is 9.26. The second kappa shape index (κ2) is 6.85. The summed E-state index contributed by atoms with van der Waals surface area (Å²) in [5, 5.41) is 0. The van der Waals surface area contributed by atoms with E-state index in [-0.39, 0.29) is 12.4 Å². The Kier molecular flexibility index (Phi) is 5.14. The van der Waals surface area contributed by atoms with Gasteiger partial charge in [-0.1, -0.05) is 19.8 Å². The zero-order valence-corrected chi connectivity index (χ0v) is 11.7. The van der Waals surface area contributed by atoms with Crippen molar-refractivity contribution in [2.75, 3.05) is 18.0 Å². The van der Waals surface area contributed by atoms with Crippen LogP contribution in [0.4, 0.5) is 10.2 Å². The van der Waals surface area contributed by atoms with Crippen molar-refractivity contribution in [1.29, 1.82) is 0 Å². The SMILES string of the molecule is CCCC1CCCN(c2nccc(CN)c2F)CC1. The number of anilines is 1. The van der Waals surface area contributed by atoms with E-state index in [1.165, 1.54) is 19.3 Å². The number of aromatic nitrogens is 1. The lowest BCUT2D eigenvalue weighted by molar-refractivity contribution is 0.435. The summed E-state index contributed by atoms with van der Waals surface area (Å²) in [5.74, 6) is 1.04. The molecule has 0 spiro atoms. The van der Waals surface area contributed by atoms with Gasteiger partial charge in [-0.15, -0.1) is 0 Å². The highest BCUT2D eigenvalue weighted by Crippen LogP contribution is 2.26. The van der Waals surface area contributed by atoms with Crippen molar-refractivity contribution in [3.63, 3.8) is 0 Å². The minimum atomic E-state index is -0.237. The third-order valence-corrected chi connectivity index (χ3v) is 4.01. The maximum Gasteiger partial charge on any atom is 0.170 e. The minimum absolute atomic E-state index is 0.230. The van der Waals surface area contributed by atoms with Gasteiger partial charge in [-0.2, -0.15) is 0 Å². The van der Waals surface area contributed by atoms with Gasteiger partial charge in [0.05, 0.1) is 0 Å². The molecule has 0 aromatic carbocycles. The molecule has 1 aromatic rings. The van der Waals surface area contributed by atoms with Gasteiger partial charge in [-0.25, -0.2) is 9.37 Å². The van der Waals surface area contributed by atoms with Gasteiger partial charge in [-0.3, -0.25) is 0 Å². The molecule has 4 heteroatoms. The van der Waals surface area contributed by atoms with Crippen LogP contribution < -0.4 is 10.6 Å². The number of hydrogen-bond acceptors (Lipinski definition) is 3. The van der Waals surface area contributed by atoms with Crippen LogP contribution in [0.25, 0.3) is 0 Å². The third kappa shape index (κ3) is 3.44. The number of halogens is 1. The fourth-order valence-electron chi connectivity index (χ4n) is 2.92. The lowest BCUT2D eigenvalue weighted by atomic mass is 9.96. The molecule has 0 bridgehead atoms. The summed E-state index contributed by atoms with van der Waals surface area (Å²) in [6, 6.07) is 1.66. The van der Waals surface area contributed by atoms with Gasteiger partial charge in [0.25, 0.3) is 0 Å². The van der Waals surface area contributed by atoms with E-state index in [9.17, 15) is 4.39 Å². The van der Waals surface area contributed by atoms with E-state index in [2.05, 4.69) is 16.8 Å². The first kappa shape index (κ1) is 14.3. The molecule has 1 atom stereocenters. The minimum Gasteiger partial charge on any atom is -0.354 e. The lowest BCUT2D eigenvalue weighted by Crippen LogP contribution is -2.27. The summed E-state index contributed by atoms with van der Waals surface area (Å²) in [4.78, 5) is 6.31. The molecule has 1 saturated heterocycles. The van der Waals surface area contributed by atoms with Crippen LogP contribution in [0.2, 0.25) is 0 Å². The highest BCUT2D eigenvalue weighted by Gasteiger charge is 2.20. The Hall–Kier alpha value is -1.16. The highest BCUT2D eigenvalue weighted by molar-refractivity contribution is 5.43. The Labute approximate surface area is 115 Å². The van der Waals surface area contributed by atoms with Crippen molar-refractivity contribution >= 4 is 5.82 Å². The Morgan fingerprint density at radius 2 is 2.26 bits per heavy atom. The molecule has 1 unspecified atom stereocenters. The summed E-state index contributed by atoms with van der Waals surface area (Å²) in [6.07, 6.45) is 7.70. The lowest BCUT2D eigenvalue weighted by Gasteiger charge is -2.22. The monoisotopic (exact) mass is 265 g/mol. The Morgan fingerprint density at radius 3 is 3.00 bits per heavy atom. The van der Waals surface area contributed by atoms with E-state index in [0.29, 0.717) is 11.4 Å². The summed E-state index contributed by atoms with van der Waals surface area (Å²) in [5.41, 5.74) is 6.11. The second-order valence-corrected chi connectivity index (χ2v) is 5.38. The summed E-state index contributed by atoms with van der Waals surface area (Å²) in [7, 11) is 0. The molecule has 0 radical (unpaired) electrons. The van der Waals surface area contributed by atoms with Gasteiger partial charge in [-0.05, 0) is 31.2 Å². The fourth-order valence-corrected chi connectivity index (χ4v) is 2.92. The normalized spacial score (nSPS) is 20.4. The van der Waals surface area contributed by atoms with Crippen molar-refractivity contribution in [2.45, 2.75) is 45.6 Å². The Morgan fingerprint density at radius 1 is 1.42 bits per heavy atom. The van der Waals surface area contributed by atoms with Crippen LogP contribution in [0, 0.1) is 11.7 Å². The van der Waals surface area contributed by atoms with Gasteiger partial charge >= 0.3 is 0 Å². The number of hydrogen-bond donors (Lipinski definition) is 1. The molecule has 106 valence electrons. The van der Waals surface area contributed by atoms with E-state index in [4.69, 9.17) is 5.73 Å². The topological polar surface area (TPSA) is 42.2 Å². The summed E-state index contributed by atoms with van der Waals surface area (Å²) < 4.78 is 14.3. The molecule has 0 amide bonds. The van der Waals surface area contributed by atoms with Crippen molar-refractivity contribution in [2.24, 2.45) is 11.7 Å². The van der Waals surface area contributed by atoms with Crippen LogP contribution in [-0.2, 0) is 6.54 Å². The van der Waals surface area contributed by atoms with Crippen LogP contribution in [0.1, 0.15) is 44.6 Å². The number of pyridine rings is 1. The van der Waals surface area contributed by atoms with Gasteiger partial charge < -0.3 is 10.6 Å². The Balaban J connectivity index is 2.10. The van der Waals surface area contributed by atoms with Crippen LogP contribution >= 0.6 is 0 Å². The van der Waals surface area contributed by atoms with Crippen LogP contribution in [0.5, 0.6) is 0 Å². The van der Waals surface area contributed by atoms with Crippen molar-refractivity contribution in [3.05, 3.63) is 23.6 Å². The predicted molar refractivity (Wildman–Crippen MR) is 76.5 cm³/mol. The van der Waals surface area contributed by atoms with Crippen LogP contribution in [0.3, 0.4) is 0 Å². The molecule has 2 rings (SSSR count). The largest absolute Gasteiger partial charge is 0.354 e. The number of nitrogens with two attached hydrogens (primary N) is 1. The summed E-state index contributed by atoms with van der Waals surface area (Å²) >= 11 is 0. The molecule has 3 nitrogen and oxygen atoms in total. The molecule has 1 aromatic heterocycles. The van der Waals surface area contributed by atoms with E-state index >= 15 is 0 Å². The quantitative estimate of drug-likeness (QED) is 0.909. The fraction of sp³-hybridized carbons (Fsp3) is 0.667. The van der Waals surface area contributed by atoms with E-state index in [1.54, 1.807) is 12.3 Å². The first-order valence-electron chi connectivity index (χ1n) is 7.34. The molecular formula is C15H24FN3. The highest BCUT2D eigenvalue weighted by atomic mass is 19.1. The zero-order chi connectivity index (χ0) is 13.7. The van der Waals surface area contributed by atoms with Gasteiger partial charge in [0.15, 0.2) is 11.6 Å². The average Bonchev–Trinajstić information content (AvgIpc) is 2.65. The zero-order valence-electron chi connectivity index (χ0n) is 11.7. The summed E-state index contributed by atoms with van der Waals surface area (Å²) in [6.45, 7) is 4.27. The van der Waals surface area contributed by atoms with Crippen molar-refractivity contribution in [3.8, 4) is 0 Å². The predicted octanol–water partition coefficient (Wildman–Crippen LogP) is 3.09. The molecule has 0 aliphatic carbocycles. The van der Waals surface area contributed by atoms with Gasteiger partial charge in [0.1, 0.15) is 0 Å². The molecule has 1 fully saturated rings. The van der Waals surface area contributed by atoms with Crippen LogP contribution in [0.15, 0.2) is 12.3 Å². The molecule has 0 saturated carbocycles. The van der Waals surface area contributed by atoms with Crippen molar-refractivity contribution < 1.29 is 4.39 Å². The molecule has 2 heterocycles. The molecule has 19 heavy (non-hydrogen) atoms. The van der Waals surface area contributed by atoms with Gasteiger partial charge in [0.2, 0.25) is 0 Å². The average molecular weight is 265 g/mol. The standard InChI is InChI=1S/C15H24FN3/c1-2-4-12-5-3-9-19(10-7-12)15-14(16)13(11-17)6-8-18-15/h6,8,12H,2-5,7,9-11,17H2,1H3. The number of rotatable bonds is 4. The first-order valence-corrected chi connectivity index (χ1v) is 7.34. The third-order valence-electron chi connectivity index (χ3n) is 4.01. The molecule has 1 aliphatic rings. The smallest absolute Gasteiger partial charge is 0.170 e. The Bertz CT molecular complexity index is 408. The van der Waals surface area contributed by atoms with Crippen molar-refractivity contribution in [1.82, 2.24) is 4.98 Å². The maximum atomic E-state index is 14.3. The molecule has 2 N–H and O–H groups in total.